The summed E-state index contributed by atoms with van der Waals surface area (Å²) in [5.74, 6) is -2.01. The second-order valence-electron chi connectivity index (χ2n) is 9.14. The summed E-state index contributed by atoms with van der Waals surface area (Å²) in [6, 6.07) is 10.5. The number of cyclic esters (lactones) is 1. The highest BCUT2D eigenvalue weighted by atomic mass is 19.2. The lowest BCUT2D eigenvalue weighted by molar-refractivity contribution is 0.157. The molecule has 0 aromatic heterocycles. The number of piperidine rings is 1. The van der Waals surface area contributed by atoms with Crippen molar-refractivity contribution in [1.29, 1.82) is 0 Å². The molecule has 2 saturated heterocycles. The van der Waals surface area contributed by atoms with Crippen molar-refractivity contribution >= 4 is 18.2 Å². The fourth-order valence-electron chi connectivity index (χ4n) is 5.24. The van der Waals surface area contributed by atoms with E-state index in [1.54, 1.807) is 0 Å². The Morgan fingerprint density at radius 3 is 2.71 bits per heavy atom. The molecule has 6 nitrogen and oxygen atoms in total. The van der Waals surface area contributed by atoms with Crippen LogP contribution in [0.5, 0.6) is 0 Å². The second-order valence-corrected chi connectivity index (χ2v) is 9.14. The molecule has 2 aliphatic heterocycles. The van der Waals surface area contributed by atoms with E-state index in [4.69, 9.17) is 4.74 Å². The summed E-state index contributed by atoms with van der Waals surface area (Å²) >= 11 is 0. The molecule has 1 aliphatic carbocycles. The first-order valence-electron chi connectivity index (χ1n) is 11.7. The first kappa shape index (κ1) is 22.5. The monoisotopic (exact) mass is 467 g/mol. The van der Waals surface area contributed by atoms with E-state index in [2.05, 4.69) is 46.6 Å². The zero-order chi connectivity index (χ0) is 23.7. The van der Waals surface area contributed by atoms with E-state index >= 15 is 0 Å². The summed E-state index contributed by atoms with van der Waals surface area (Å²) in [6.45, 7) is 3.13. The topological polar surface area (TPSA) is 61.9 Å². The molecule has 3 amide bonds. The van der Waals surface area contributed by atoms with E-state index < -0.39 is 29.8 Å². The highest BCUT2D eigenvalue weighted by Crippen LogP contribution is 2.43. The molecule has 5 rings (SSSR count). The summed E-state index contributed by atoms with van der Waals surface area (Å²) in [5, 5.41) is 2.76. The van der Waals surface area contributed by atoms with Crippen molar-refractivity contribution in [2.24, 2.45) is 0 Å². The molecule has 8 heteroatoms. The van der Waals surface area contributed by atoms with Gasteiger partial charge < -0.3 is 15.0 Å². The highest BCUT2D eigenvalue weighted by Gasteiger charge is 2.40. The Hall–Kier alpha value is -3.26. The predicted octanol–water partition coefficient (Wildman–Crippen LogP) is 4.62. The number of rotatable bonds is 5. The van der Waals surface area contributed by atoms with Crippen LogP contribution in [0.1, 0.15) is 42.0 Å². The van der Waals surface area contributed by atoms with Crippen molar-refractivity contribution in [3.63, 3.8) is 0 Å². The molecule has 178 valence electrons. The summed E-state index contributed by atoms with van der Waals surface area (Å²) in [6.07, 6.45) is 6.68. The van der Waals surface area contributed by atoms with Gasteiger partial charge in [-0.1, -0.05) is 42.5 Å². The van der Waals surface area contributed by atoms with E-state index in [0.717, 1.165) is 55.9 Å². The average molecular weight is 468 g/mol. The summed E-state index contributed by atoms with van der Waals surface area (Å²) in [5.41, 5.74) is 3.20. The molecule has 3 aliphatic rings. The molecule has 2 heterocycles. The number of imide groups is 1. The third kappa shape index (κ3) is 4.18. The average Bonchev–Trinajstić information content (AvgIpc) is 3.41. The zero-order valence-corrected chi connectivity index (χ0v) is 18.8. The number of carbonyl (C=O) groups is 2. The number of likely N-dealkylation sites (tertiary alicyclic amines) is 1. The molecule has 0 saturated carbocycles. The van der Waals surface area contributed by atoms with Crippen LogP contribution in [0, 0.1) is 11.6 Å². The van der Waals surface area contributed by atoms with Gasteiger partial charge in [0.05, 0.1) is 0 Å². The number of carbonyl (C=O) groups excluding carboxylic acids is 2. The number of halogens is 2. The first-order chi connectivity index (χ1) is 16.5. The maximum atomic E-state index is 13.6. The molecule has 34 heavy (non-hydrogen) atoms. The third-order valence-corrected chi connectivity index (χ3v) is 7.18. The largest absolute Gasteiger partial charge is 0.446 e. The van der Waals surface area contributed by atoms with E-state index in [-0.39, 0.29) is 12.0 Å². The fraction of sp³-hybridized carbons (Fsp3) is 0.385. The first-order valence-corrected chi connectivity index (χ1v) is 11.7. The van der Waals surface area contributed by atoms with Gasteiger partial charge in [-0.05, 0) is 67.7 Å². The van der Waals surface area contributed by atoms with Gasteiger partial charge in [0.15, 0.2) is 11.6 Å². The van der Waals surface area contributed by atoms with Crippen LogP contribution in [0.15, 0.2) is 48.5 Å². The number of hydrogen-bond donors (Lipinski definition) is 1. The minimum absolute atomic E-state index is 0.0928. The van der Waals surface area contributed by atoms with Crippen molar-refractivity contribution in [2.75, 3.05) is 32.8 Å². The molecule has 0 radical (unpaired) electrons. The van der Waals surface area contributed by atoms with E-state index in [1.165, 1.54) is 17.2 Å². The Labute approximate surface area is 197 Å². The van der Waals surface area contributed by atoms with Gasteiger partial charge >= 0.3 is 12.1 Å². The Balaban J connectivity index is 1.10. The number of hydrogen-bond acceptors (Lipinski definition) is 4. The molecule has 1 spiro atoms. The van der Waals surface area contributed by atoms with Crippen molar-refractivity contribution in [2.45, 2.75) is 30.7 Å². The Morgan fingerprint density at radius 2 is 1.91 bits per heavy atom. The van der Waals surface area contributed by atoms with Gasteiger partial charge in [-0.15, -0.1) is 0 Å². The molecule has 2 fully saturated rings. The molecule has 1 atom stereocenters. The quantitative estimate of drug-likeness (QED) is 0.652. The number of nitrogens with zero attached hydrogens (tertiary/aromatic N) is 2. The van der Waals surface area contributed by atoms with Gasteiger partial charge in [-0.25, -0.2) is 23.3 Å². The molecular formula is C26H27F2N3O3. The lowest BCUT2D eigenvalue weighted by atomic mass is 9.74. The van der Waals surface area contributed by atoms with Crippen LogP contribution in [0.2, 0.25) is 0 Å². The van der Waals surface area contributed by atoms with Crippen LogP contribution < -0.4 is 5.32 Å². The number of benzene rings is 2. The molecule has 2 aromatic rings. The van der Waals surface area contributed by atoms with Crippen LogP contribution in [-0.2, 0) is 10.2 Å². The number of amides is 3. The SMILES string of the molecule is O=C(NCCCN1CCC2(C=Cc3ccccc32)CC1)N1C(=O)OCC1c1ccc(F)c(F)c1. The molecule has 1 N–H and O–H groups in total. The lowest BCUT2D eigenvalue weighted by Crippen LogP contribution is -2.44. The molecule has 1 unspecified atom stereocenters. The maximum absolute atomic E-state index is 13.6. The lowest BCUT2D eigenvalue weighted by Gasteiger charge is -2.39. The van der Waals surface area contributed by atoms with Gasteiger partial charge in [0.25, 0.3) is 0 Å². The Bertz CT molecular complexity index is 1130. The summed E-state index contributed by atoms with van der Waals surface area (Å²) < 4.78 is 31.9. The molecule has 0 bridgehead atoms. The van der Waals surface area contributed by atoms with Crippen molar-refractivity contribution in [3.8, 4) is 0 Å². The van der Waals surface area contributed by atoms with E-state index in [1.807, 2.05) is 0 Å². The van der Waals surface area contributed by atoms with Gasteiger partial charge in [-0.2, -0.15) is 0 Å². The Kier molecular flexibility index (Phi) is 6.08. The van der Waals surface area contributed by atoms with Crippen molar-refractivity contribution in [1.82, 2.24) is 15.1 Å². The van der Waals surface area contributed by atoms with Crippen LogP contribution in [-0.4, -0.2) is 54.7 Å². The highest BCUT2D eigenvalue weighted by molar-refractivity contribution is 5.92. The second kappa shape index (κ2) is 9.18. The predicted molar refractivity (Wildman–Crippen MR) is 123 cm³/mol. The van der Waals surface area contributed by atoms with Gasteiger partial charge in [0, 0.05) is 12.0 Å². The maximum Gasteiger partial charge on any atom is 0.418 e. The number of urea groups is 1. The van der Waals surface area contributed by atoms with Crippen LogP contribution in [0.25, 0.3) is 6.08 Å². The number of nitrogens with one attached hydrogen (secondary N) is 1. The molecular weight excluding hydrogens is 440 g/mol. The van der Waals surface area contributed by atoms with E-state index in [0.29, 0.717) is 12.1 Å². The summed E-state index contributed by atoms with van der Waals surface area (Å²) in [7, 11) is 0. The van der Waals surface area contributed by atoms with Crippen molar-refractivity contribution in [3.05, 3.63) is 76.9 Å². The molecule has 2 aromatic carbocycles. The Morgan fingerprint density at radius 1 is 1.12 bits per heavy atom. The third-order valence-electron chi connectivity index (χ3n) is 7.18. The van der Waals surface area contributed by atoms with Crippen LogP contribution >= 0.6 is 0 Å². The van der Waals surface area contributed by atoms with Gasteiger partial charge in [0.1, 0.15) is 12.6 Å². The van der Waals surface area contributed by atoms with E-state index in [9.17, 15) is 18.4 Å². The summed E-state index contributed by atoms with van der Waals surface area (Å²) in [4.78, 5) is 28.1. The standard InChI is InChI=1S/C26H27F2N3O3/c27-21-7-6-19(16-22(21)28)23-17-34-25(33)31(23)24(32)29-12-3-13-30-14-10-26(11-15-30)9-8-18-4-1-2-5-20(18)26/h1-2,4-9,16,23H,3,10-15,17H2,(H,29,32). The number of ether oxygens (including phenoxy) is 1. The van der Waals surface area contributed by atoms with Crippen molar-refractivity contribution < 1.29 is 23.1 Å². The number of allylic oxidation sites excluding steroid dienone is 1. The fourth-order valence-corrected chi connectivity index (χ4v) is 5.24. The van der Waals surface area contributed by atoms with Gasteiger partial charge in [-0.3, -0.25) is 0 Å². The van der Waals surface area contributed by atoms with Crippen LogP contribution in [0.3, 0.4) is 0 Å². The minimum Gasteiger partial charge on any atom is -0.446 e. The zero-order valence-electron chi connectivity index (χ0n) is 18.8. The normalized spacial score (nSPS) is 21.1. The minimum atomic E-state index is -1.03. The smallest absolute Gasteiger partial charge is 0.418 e. The van der Waals surface area contributed by atoms with Gasteiger partial charge in [0.2, 0.25) is 0 Å². The van der Waals surface area contributed by atoms with Crippen LogP contribution in [0.4, 0.5) is 18.4 Å². The number of fused-ring (bicyclic) bond motifs is 2.